The molecule has 0 saturated carbocycles. The minimum atomic E-state index is -2.62. The van der Waals surface area contributed by atoms with E-state index in [1.54, 1.807) is 6.07 Å². The first-order valence-corrected chi connectivity index (χ1v) is 10.8. The summed E-state index contributed by atoms with van der Waals surface area (Å²) in [5.41, 5.74) is 1.53. The zero-order valence-corrected chi connectivity index (χ0v) is 19.0. The van der Waals surface area contributed by atoms with Gasteiger partial charge < -0.3 is 15.0 Å². The number of halogens is 3. The van der Waals surface area contributed by atoms with Crippen LogP contribution in [0.3, 0.4) is 0 Å². The van der Waals surface area contributed by atoms with E-state index < -0.39 is 36.9 Å². The van der Waals surface area contributed by atoms with E-state index >= 15 is 0 Å². The molecule has 0 aliphatic carbocycles. The van der Waals surface area contributed by atoms with Gasteiger partial charge in [-0.25, -0.2) is 23.0 Å². The highest BCUT2D eigenvalue weighted by Crippen LogP contribution is 2.29. The van der Waals surface area contributed by atoms with Crippen molar-refractivity contribution in [1.29, 1.82) is 5.26 Å². The van der Waals surface area contributed by atoms with Gasteiger partial charge in [0.15, 0.2) is 0 Å². The Hall–Kier alpha value is -3.63. The van der Waals surface area contributed by atoms with Crippen molar-refractivity contribution in [2.24, 2.45) is 0 Å². The number of nitrogens with zero attached hydrogens (tertiary/aromatic N) is 5. The highest BCUT2D eigenvalue weighted by Gasteiger charge is 2.37. The predicted octanol–water partition coefficient (Wildman–Crippen LogP) is 2.54. The molecule has 1 aromatic carbocycles. The molecule has 186 valence electrons. The number of ether oxygens (including phenoxy) is 1. The summed E-state index contributed by atoms with van der Waals surface area (Å²) < 4.78 is 44.9. The molecule has 0 bridgehead atoms. The lowest BCUT2D eigenvalue weighted by Gasteiger charge is -2.33. The molecule has 0 spiro atoms. The van der Waals surface area contributed by atoms with E-state index in [9.17, 15) is 22.8 Å². The molecule has 0 saturated heterocycles. The van der Waals surface area contributed by atoms with E-state index in [0.717, 1.165) is 11.1 Å². The van der Waals surface area contributed by atoms with Gasteiger partial charge in [-0.3, -0.25) is 14.3 Å². The quantitative estimate of drug-likeness (QED) is 0.687. The molecule has 1 N–H and O–H groups in total. The summed E-state index contributed by atoms with van der Waals surface area (Å²) in [5, 5.41) is 17.2. The van der Waals surface area contributed by atoms with Gasteiger partial charge in [0.05, 0.1) is 31.0 Å². The van der Waals surface area contributed by atoms with E-state index in [1.165, 1.54) is 28.8 Å². The standard InChI is InChI=1S/C22H23F3N6O4/c1-12-5-18-16(9-30(12)22(33)27-14-3-4-17(23)13(6-14)7-26)20-21(32)29(2)35-15(8-31(20)28-18)10-34-11-19(24)25/h3-4,6,12,15,19H,5,8-11H2,1-2H3,(H,27,33). The van der Waals surface area contributed by atoms with Gasteiger partial charge in [-0.1, -0.05) is 0 Å². The van der Waals surface area contributed by atoms with Crippen LogP contribution in [0.25, 0.3) is 0 Å². The van der Waals surface area contributed by atoms with Crippen LogP contribution in [0.4, 0.5) is 23.7 Å². The van der Waals surface area contributed by atoms with Crippen molar-refractivity contribution in [3.8, 4) is 6.07 Å². The number of amides is 3. The Morgan fingerprint density at radius 1 is 1.43 bits per heavy atom. The lowest BCUT2D eigenvalue weighted by Crippen LogP contribution is -2.45. The largest absolute Gasteiger partial charge is 0.373 e. The first-order valence-electron chi connectivity index (χ1n) is 10.8. The maximum Gasteiger partial charge on any atom is 0.322 e. The summed E-state index contributed by atoms with van der Waals surface area (Å²) >= 11 is 0. The van der Waals surface area contributed by atoms with E-state index in [0.29, 0.717) is 17.7 Å². The molecule has 3 amide bonds. The van der Waals surface area contributed by atoms with Crippen molar-refractivity contribution in [1.82, 2.24) is 19.7 Å². The monoisotopic (exact) mass is 492 g/mol. The molecule has 1 aromatic heterocycles. The molecule has 2 aromatic rings. The molecule has 10 nitrogen and oxygen atoms in total. The van der Waals surface area contributed by atoms with Gasteiger partial charge in [0.25, 0.3) is 12.3 Å². The Bertz CT molecular complexity index is 1180. The Labute approximate surface area is 198 Å². The molecule has 2 unspecified atom stereocenters. The van der Waals surface area contributed by atoms with Crippen LogP contribution in [0.2, 0.25) is 0 Å². The van der Waals surface area contributed by atoms with Crippen molar-refractivity contribution in [3.63, 3.8) is 0 Å². The van der Waals surface area contributed by atoms with Crippen LogP contribution in [-0.4, -0.2) is 70.5 Å². The van der Waals surface area contributed by atoms with Crippen LogP contribution in [0, 0.1) is 17.1 Å². The summed E-state index contributed by atoms with van der Waals surface area (Å²) in [6, 6.07) is 4.66. The average Bonchev–Trinajstić information content (AvgIpc) is 3.09. The number of urea groups is 1. The van der Waals surface area contributed by atoms with E-state index in [1.807, 2.05) is 6.92 Å². The molecule has 13 heteroatoms. The molecule has 2 aliphatic heterocycles. The fourth-order valence-electron chi connectivity index (χ4n) is 4.14. The summed E-state index contributed by atoms with van der Waals surface area (Å²) in [7, 11) is 1.41. The average molecular weight is 492 g/mol. The maximum absolute atomic E-state index is 13.6. The minimum Gasteiger partial charge on any atom is -0.373 e. The fourth-order valence-corrected chi connectivity index (χ4v) is 4.14. The maximum atomic E-state index is 13.6. The zero-order chi connectivity index (χ0) is 25.3. The number of carbonyl (C=O) groups is 2. The third kappa shape index (κ3) is 5.08. The SMILES string of the molecule is CC1Cc2nn3c(c2CN1C(=O)Nc1ccc(F)c(C#N)c1)C(=O)N(C)OC(COCC(F)F)C3. The molecule has 0 fully saturated rings. The second kappa shape index (κ2) is 9.93. The second-order valence-electron chi connectivity index (χ2n) is 8.33. The van der Waals surface area contributed by atoms with Crippen LogP contribution in [-0.2, 0) is 29.1 Å². The Morgan fingerprint density at radius 2 is 2.20 bits per heavy atom. The minimum absolute atomic E-state index is 0.0795. The number of aromatic nitrogens is 2. The summed E-state index contributed by atoms with van der Waals surface area (Å²) in [6.07, 6.45) is -2.96. The van der Waals surface area contributed by atoms with Crippen LogP contribution >= 0.6 is 0 Å². The van der Waals surface area contributed by atoms with Gasteiger partial charge in [-0.05, 0) is 25.1 Å². The highest BCUT2D eigenvalue weighted by molar-refractivity contribution is 5.94. The van der Waals surface area contributed by atoms with E-state index in [-0.39, 0.29) is 42.7 Å². The second-order valence-corrected chi connectivity index (χ2v) is 8.33. The first kappa shape index (κ1) is 24.5. The van der Waals surface area contributed by atoms with E-state index in [2.05, 4.69) is 10.4 Å². The molecule has 2 aliphatic rings. The number of anilines is 1. The fraction of sp³-hybridized carbons (Fsp3) is 0.455. The zero-order valence-electron chi connectivity index (χ0n) is 19.0. The van der Waals surface area contributed by atoms with Crippen LogP contribution in [0.5, 0.6) is 0 Å². The Balaban J connectivity index is 1.55. The lowest BCUT2D eigenvalue weighted by atomic mass is 9.99. The van der Waals surface area contributed by atoms with Gasteiger partial charge in [0.2, 0.25) is 0 Å². The number of hydrogen-bond acceptors (Lipinski definition) is 6. The lowest BCUT2D eigenvalue weighted by molar-refractivity contribution is -0.169. The smallest absolute Gasteiger partial charge is 0.322 e. The summed E-state index contributed by atoms with van der Waals surface area (Å²) in [4.78, 5) is 33.1. The number of benzene rings is 1. The first-order chi connectivity index (χ1) is 16.7. The summed E-state index contributed by atoms with van der Waals surface area (Å²) in [5.74, 6) is -1.17. The van der Waals surface area contributed by atoms with Crippen LogP contribution in [0.15, 0.2) is 18.2 Å². The van der Waals surface area contributed by atoms with Crippen molar-refractivity contribution in [2.75, 3.05) is 25.6 Å². The molecular formula is C22H23F3N6O4. The molecule has 3 heterocycles. The molecule has 0 radical (unpaired) electrons. The number of hydrogen-bond donors (Lipinski definition) is 1. The number of carbonyl (C=O) groups excluding carboxylic acids is 2. The molecular weight excluding hydrogens is 469 g/mol. The van der Waals surface area contributed by atoms with Gasteiger partial charge >= 0.3 is 6.03 Å². The highest BCUT2D eigenvalue weighted by atomic mass is 19.3. The van der Waals surface area contributed by atoms with Crippen LogP contribution in [0.1, 0.15) is 34.2 Å². The Morgan fingerprint density at radius 3 is 2.91 bits per heavy atom. The summed E-state index contributed by atoms with van der Waals surface area (Å²) in [6.45, 7) is 1.12. The number of nitriles is 1. The van der Waals surface area contributed by atoms with E-state index in [4.69, 9.17) is 14.8 Å². The number of hydroxylamine groups is 2. The number of alkyl halides is 2. The van der Waals surface area contributed by atoms with Crippen molar-refractivity contribution >= 4 is 17.6 Å². The molecule has 35 heavy (non-hydrogen) atoms. The van der Waals surface area contributed by atoms with Gasteiger partial charge in [0, 0.05) is 30.8 Å². The van der Waals surface area contributed by atoms with Crippen molar-refractivity contribution in [2.45, 2.75) is 45.0 Å². The normalized spacial score (nSPS) is 19.7. The predicted molar refractivity (Wildman–Crippen MR) is 115 cm³/mol. The third-order valence-electron chi connectivity index (χ3n) is 5.80. The van der Waals surface area contributed by atoms with Gasteiger partial charge in [0.1, 0.15) is 30.3 Å². The molecule has 2 atom stereocenters. The van der Waals surface area contributed by atoms with Gasteiger partial charge in [-0.15, -0.1) is 0 Å². The van der Waals surface area contributed by atoms with Crippen LogP contribution < -0.4 is 5.32 Å². The topological polar surface area (TPSA) is 113 Å². The van der Waals surface area contributed by atoms with Gasteiger partial charge in [-0.2, -0.15) is 10.4 Å². The Kier molecular flexibility index (Phi) is 6.95. The molecule has 4 rings (SSSR count). The third-order valence-corrected chi connectivity index (χ3v) is 5.80. The number of fused-ring (bicyclic) bond motifs is 3. The van der Waals surface area contributed by atoms with Crippen molar-refractivity contribution < 1.29 is 32.3 Å². The number of rotatable bonds is 5. The number of nitrogens with one attached hydrogen (secondary N) is 1. The van der Waals surface area contributed by atoms with Crippen molar-refractivity contribution in [3.05, 3.63) is 46.5 Å².